The molecule has 0 aliphatic carbocycles. The standard InChI is InChI=1S/C13H15P/c1-3-4-6-9-12(2)14-13-10-7-5-8-11-13/h3-11,14H,2H2,1H3/b4-3-,9-6-. The summed E-state index contributed by atoms with van der Waals surface area (Å²) >= 11 is 0. The van der Waals surface area contributed by atoms with Crippen LogP contribution < -0.4 is 5.30 Å². The van der Waals surface area contributed by atoms with Crippen molar-refractivity contribution in [3.05, 3.63) is 66.5 Å². The monoisotopic (exact) mass is 202 g/mol. The van der Waals surface area contributed by atoms with Gasteiger partial charge in [-0.3, -0.25) is 0 Å². The summed E-state index contributed by atoms with van der Waals surface area (Å²) in [7, 11) is 0.674. The normalized spacial score (nSPS) is 12.1. The van der Waals surface area contributed by atoms with Gasteiger partial charge in [0.1, 0.15) is 0 Å². The van der Waals surface area contributed by atoms with E-state index in [2.05, 4.69) is 36.9 Å². The number of allylic oxidation sites excluding steroid dienone is 5. The first-order valence-corrected chi connectivity index (χ1v) is 5.63. The summed E-state index contributed by atoms with van der Waals surface area (Å²) < 4.78 is 0. The van der Waals surface area contributed by atoms with Crippen molar-refractivity contribution in [1.82, 2.24) is 0 Å². The molecule has 14 heavy (non-hydrogen) atoms. The van der Waals surface area contributed by atoms with Crippen molar-refractivity contribution in [3.8, 4) is 0 Å². The molecule has 1 unspecified atom stereocenters. The molecule has 0 bridgehead atoms. The van der Waals surface area contributed by atoms with Crippen LogP contribution in [-0.4, -0.2) is 0 Å². The predicted octanol–water partition coefficient (Wildman–Crippen LogP) is 3.64. The highest BCUT2D eigenvalue weighted by molar-refractivity contribution is 7.52. The second-order valence-corrected chi connectivity index (χ2v) is 4.37. The van der Waals surface area contributed by atoms with Gasteiger partial charge in [-0.25, -0.2) is 0 Å². The molecule has 0 N–H and O–H groups in total. The molecule has 0 amide bonds. The van der Waals surface area contributed by atoms with Gasteiger partial charge in [0.05, 0.1) is 0 Å². The molecule has 0 saturated heterocycles. The summed E-state index contributed by atoms with van der Waals surface area (Å²) in [6.45, 7) is 6.02. The molecule has 0 spiro atoms. The Hall–Kier alpha value is -1.13. The first-order valence-electron chi connectivity index (χ1n) is 4.63. The summed E-state index contributed by atoms with van der Waals surface area (Å²) in [4.78, 5) is 0. The third kappa shape index (κ3) is 4.20. The fourth-order valence-electron chi connectivity index (χ4n) is 1.03. The van der Waals surface area contributed by atoms with E-state index >= 15 is 0 Å². The zero-order valence-electron chi connectivity index (χ0n) is 8.40. The van der Waals surface area contributed by atoms with Gasteiger partial charge < -0.3 is 0 Å². The molecular formula is C13H15P. The Balaban J connectivity index is 2.50. The maximum atomic E-state index is 4.01. The lowest BCUT2D eigenvalue weighted by atomic mass is 10.4. The van der Waals surface area contributed by atoms with E-state index in [9.17, 15) is 0 Å². The molecule has 0 nitrogen and oxygen atoms in total. The van der Waals surface area contributed by atoms with Crippen molar-refractivity contribution in [2.75, 3.05) is 0 Å². The highest BCUT2D eigenvalue weighted by Gasteiger charge is 1.91. The molecule has 1 aromatic carbocycles. The molecule has 1 aromatic rings. The van der Waals surface area contributed by atoms with Crippen LogP contribution in [0.5, 0.6) is 0 Å². The van der Waals surface area contributed by atoms with E-state index in [-0.39, 0.29) is 0 Å². The molecular weight excluding hydrogens is 187 g/mol. The Morgan fingerprint density at radius 2 is 1.93 bits per heavy atom. The number of benzene rings is 1. The van der Waals surface area contributed by atoms with Crippen LogP contribution in [0.3, 0.4) is 0 Å². The highest BCUT2D eigenvalue weighted by atomic mass is 31.1. The maximum absolute atomic E-state index is 4.01. The van der Waals surface area contributed by atoms with E-state index in [1.54, 1.807) is 0 Å². The summed E-state index contributed by atoms with van der Waals surface area (Å²) in [6, 6.07) is 10.4. The Morgan fingerprint density at radius 1 is 1.21 bits per heavy atom. The second kappa shape index (κ2) is 6.34. The summed E-state index contributed by atoms with van der Waals surface area (Å²) in [5, 5.41) is 2.50. The zero-order valence-corrected chi connectivity index (χ0v) is 9.40. The topological polar surface area (TPSA) is 0 Å². The van der Waals surface area contributed by atoms with E-state index < -0.39 is 0 Å². The average molecular weight is 202 g/mol. The van der Waals surface area contributed by atoms with Crippen molar-refractivity contribution < 1.29 is 0 Å². The van der Waals surface area contributed by atoms with Gasteiger partial charge in [-0.15, -0.1) is 0 Å². The lowest BCUT2D eigenvalue weighted by molar-refractivity contribution is 1.73. The summed E-state index contributed by atoms with van der Waals surface area (Å²) in [5.41, 5.74) is 0. The fourth-order valence-corrected chi connectivity index (χ4v) is 1.94. The summed E-state index contributed by atoms with van der Waals surface area (Å²) in [5.74, 6) is 0. The van der Waals surface area contributed by atoms with Crippen molar-refractivity contribution in [3.63, 3.8) is 0 Å². The number of hydrogen-bond acceptors (Lipinski definition) is 0. The third-order valence-electron chi connectivity index (χ3n) is 1.68. The van der Waals surface area contributed by atoms with Crippen LogP contribution in [-0.2, 0) is 0 Å². The molecule has 1 rings (SSSR count). The van der Waals surface area contributed by atoms with Gasteiger partial charge in [0, 0.05) is 0 Å². The van der Waals surface area contributed by atoms with Crippen LogP contribution in [0, 0.1) is 0 Å². The quantitative estimate of drug-likeness (QED) is 0.516. The fraction of sp³-hybridized carbons (Fsp3) is 0.0769. The van der Waals surface area contributed by atoms with Crippen molar-refractivity contribution in [2.24, 2.45) is 0 Å². The molecule has 0 radical (unpaired) electrons. The first-order chi connectivity index (χ1) is 6.83. The van der Waals surface area contributed by atoms with E-state index in [1.807, 2.05) is 31.2 Å². The lowest BCUT2D eigenvalue weighted by Crippen LogP contribution is -1.90. The predicted molar refractivity (Wildman–Crippen MR) is 67.5 cm³/mol. The van der Waals surface area contributed by atoms with E-state index in [4.69, 9.17) is 0 Å². The number of rotatable bonds is 4. The minimum absolute atomic E-state index is 0.674. The van der Waals surface area contributed by atoms with Crippen LogP contribution in [0.1, 0.15) is 6.92 Å². The molecule has 72 valence electrons. The minimum Gasteiger partial charge on any atom is -0.0912 e. The first kappa shape index (κ1) is 10.9. The van der Waals surface area contributed by atoms with Crippen LogP contribution in [0.15, 0.2) is 66.5 Å². The van der Waals surface area contributed by atoms with Crippen molar-refractivity contribution >= 4 is 13.9 Å². The molecule has 0 heterocycles. The van der Waals surface area contributed by atoms with Crippen molar-refractivity contribution in [1.29, 1.82) is 0 Å². The molecule has 1 atom stereocenters. The molecule has 0 aliphatic heterocycles. The lowest BCUT2D eigenvalue weighted by Gasteiger charge is -1.99. The van der Waals surface area contributed by atoms with Gasteiger partial charge >= 0.3 is 0 Å². The SMILES string of the molecule is C=C(/C=C\C=C/C)Pc1ccccc1. The second-order valence-electron chi connectivity index (χ2n) is 2.90. The van der Waals surface area contributed by atoms with Gasteiger partial charge in [-0.1, -0.05) is 69.8 Å². The Kier molecular flexibility index (Phi) is 4.96. The minimum atomic E-state index is 0.674. The van der Waals surface area contributed by atoms with Crippen LogP contribution in [0.4, 0.5) is 0 Å². The van der Waals surface area contributed by atoms with Crippen LogP contribution in [0.25, 0.3) is 0 Å². The van der Waals surface area contributed by atoms with E-state index in [0.29, 0.717) is 8.58 Å². The van der Waals surface area contributed by atoms with Gasteiger partial charge in [0.15, 0.2) is 0 Å². The van der Waals surface area contributed by atoms with Gasteiger partial charge in [-0.05, 0) is 17.5 Å². The largest absolute Gasteiger partial charge is 0.0912 e. The Morgan fingerprint density at radius 3 is 2.57 bits per heavy atom. The third-order valence-corrected chi connectivity index (χ3v) is 2.79. The zero-order chi connectivity index (χ0) is 10.2. The molecule has 0 fully saturated rings. The van der Waals surface area contributed by atoms with Gasteiger partial charge in [0.2, 0.25) is 0 Å². The molecule has 0 aliphatic rings. The van der Waals surface area contributed by atoms with Crippen LogP contribution >= 0.6 is 8.58 Å². The smallest absolute Gasteiger partial charge is 0.0226 e. The maximum Gasteiger partial charge on any atom is -0.0226 e. The Labute approximate surface area is 87.8 Å². The highest BCUT2D eigenvalue weighted by Crippen LogP contribution is 2.21. The molecule has 0 saturated carbocycles. The number of hydrogen-bond donors (Lipinski definition) is 0. The van der Waals surface area contributed by atoms with Gasteiger partial charge in [0.25, 0.3) is 0 Å². The summed E-state index contributed by atoms with van der Waals surface area (Å²) in [6.07, 6.45) is 8.11. The van der Waals surface area contributed by atoms with Crippen molar-refractivity contribution in [2.45, 2.75) is 6.92 Å². The molecule has 0 aromatic heterocycles. The Bertz CT molecular complexity index is 334. The van der Waals surface area contributed by atoms with E-state index in [0.717, 1.165) is 5.31 Å². The van der Waals surface area contributed by atoms with Crippen LogP contribution in [0.2, 0.25) is 0 Å². The molecule has 1 heteroatoms. The van der Waals surface area contributed by atoms with E-state index in [1.165, 1.54) is 5.30 Å². The van der Waals surface area contributed by atoms with Gasteiger partial charge in [-0.2, -0.15) is 0 Å². The average Bonchev–Trinajstić information content (AvgIpc) is 2.20.